The van der Waals surface area contributed by atoms with Crippen LogP contribution in [-0.4, -0.2) is 84.4 Å². The van der Waals surface area contributed by atoms with Crippen molar-refractivity contribution in [2.45, 2.75) is 82.8 Å². The first-order valence-corrected chi connectivity index (χ1v) is 19.3. The van der Waals surface area contributed by atoms with Gasteiger partial charge in [-0.3, -0.25) is 39.1 Å². The second-order valence-electron chi connectivity index (χ2n) is 16.1. The zero-order valence-corrected chi connectivity index (χ0v) is 30.9. The number of H-pyrrole nitrogens is 1. The average molecular weight is 765 g/mol. The summed E-state index contributed by atoms with van der Waals surface area (Å²) in [6.07, 6.45) is 6.63. The number of anilines is 1. The molecule has 3 N–H and O–H groups in total. The Balaban J connectivity index is 0.792. The summed E-state index contributed by atoms with van der Waals surface area (Å²) >= 11 is 0. The molecule has 2 aromatic heterocycles. The minimum Gasteiger partial charge on any atom is -0.342 e. The first-order chi connectivity index (χ1) is 26.9. The van der Waals surface area contributed by atoms with E-state index < -0.39 is 35.1 Å². The molecule has 1 saturated carbocycles. The Hall–Kier alpha value is -5.73. The van der Waals surface area contributed by atoms with Gasteiger partial charge >= 0.3 is 0 Å². The van der Waals surface area contributed by atoms with Crippen molar-refractivity contribution in [2.75, 3.05) is 18.4 Å². The highest BCUT2D eigenvalue weighted by Gasteiger charge is 2.78. The van der Waals surface area contributed by atoms with E-state index in [-0.39, 0.29) is 54.6 Å². The first kappa shape index (κ1) is 35.9. The maximum Gasteiger partial charge on any atom is 0.276 e. The van der Waals surface area contributed by atoms with E-state index in [4.69, 9.17) is 0 Å². The van der Waals surface area contributed by atoms with Gasteiger partial charge in [-0.25, -0.2) is 8.78 Å². The second kappa shape index (κ2) is 13.5. The van der Waals surface area contributed by atoms with E-state index in [1.165, 1.54) is 0 Å². The fourth-order valence-corrected chi connectivity index (χ4v) is 9.38. The van der Waals surface area contributed by atoms with E-state index in [0.29, 0.717) is 67.8 Å². The van der Waals surface area contributed by atoms with Crippen LogP contribution in [0.4, 0.5) is 14.5 Å². The molecule has 4 aromatic rings. The van der Waals surface area contributed by atoms with E-state index in [2.05, 4.69) is 25.9 Å². The number of benzene rings is 2. The number of rotatable bonds is 11. The van der Waals surface area contributed by atoms with Crippen LogP contribution in [0.1, 0.15) is 93.9 Å². The monoisotopic (exact) mass is 764 g/mol. The summed E-state index contributed by atoms with van der Waals surface area (Å²) in [5.74, 6) is -4.82. The Morgan fingerprint density at radius 1 is 1.04 bits per heavy atom. The highest BCUT2D eigenvalue weighted by atomic mass is 19.3. The van der Waals surface area contributed by atoms with Gasteiger partial charge in [0.25, 0.3) is 17.7 Å². The summed E-state index contributed by atoms with van der Waals surface area (Å²) in [7, 11) is 0. The Labute approximate surface area is 321 Å². The van der Waals surface area contributed by atoms with Crippen LogP contribution in [0, 0.1) is 17.3 Å². The third-order valence-corrected chi connectivity index (χ3v) is 12.8. The van der Waals surface area contributed by atoms with Crippen LogP contribution in [0.2, 0.25) is 0 Å². The van der Waals surface area contributed by atoms with E-state index in [1.807, 2.05) is 47.4 Å². The number of aryl methyl sites for hydroxylation is 1. The van der Waals surface area contributed by atoms with Gasteiger partial charge in [0, 0.05) is 79.2 Å². The summed E-state index contributed by atoms with van der Waals surface area (Å²) < 4.78 is 30.7. The number of hydrogen-bond donors (Lipinski definition) is 3. The molecule has 0 spiro atoms. The highest BCUT2D eigenvalue weighted by molar-refractivity contribution is 6.06. The van der Waals surface area contributed by atoms with E-state index in [1.54, 1.807) is 35.0 Å². The van der Waals surface area contributed by atoms with Crippen molar-refractivity contribution in [2.24, 2.45) is 17.3 Å². The Morgan fingerprint density at radius 3 is 2.62 bits per heavy atom. The summed E-state index contributed by atoms with van der Waals surface area (Å²) in [5.41, 5.74) is 4.18. The van der Waals surface area contributed by atoms with Gasteiger partial charge in [0.2, 0.25) is 17.7 Å². The third kappa shape index (κ3) is 5.98. The average Bonchev–Trinajstić information content (AvgIpc) is 3.71. The minimum atomic E-state index is -2.76. The molecule has 5 aliphatic rings. The Morgan fingerprint density at radius 2 is 1.84 bits per heavy atom. The fraction of sp³-hybridized carbons (Fsp3) is 0.439. The molecular formula is C41H42F2N8O5. The first-order valence-electron chi connectivity index (χ1n) is 19.3. The van der Waals surface area contributed by atoms with Gasteiger partial charge in [0.15, 0.2) is 5.69 Å². The molecule has 15 heteroatoms. The maximum absolute atomic E-state index is 14.4. The van der Waals surface area contributed by atoms with Gasteiger partial charge in [-0.1, -0.05) is 49.4 Å². The van der Waals surface area contributed by atoms with Crippen LogP contribution < -0.4 is 10.6 Å². The standard InChI is InChI=1S/C41H42F2N8O5/c1-40-17-30-28(16-32(40)41(40,42)43)35(48-47-30)38(55)45-26-18-44-51(21-26)36(24-9-3-2-4-10-24)25-19-49(20-25)34(53)13-6-5-8-23-11-7-12-27-29(23)22-50(39(27)56)31-14-15-33(52)46-37(31)54/h2-4,7,9-12,18,21,25,31-32,36H,5-6,8,13-17,19-20,22H2,1H3,(H,45,55)(H,47,48)(H,46,52,54)/t31?,32-,36+,40+/m0/s1. The number of unbranched alkanes of at least 4 members (excludes halogenated alkanes) is 1. The fourth-order valence-electron chi connectivity index (χ4n) is 9.38. The molecule has 3 fully saturated rings. The van der Waals surface area contributed by atoms with Crippen LogP contribution in [-0.2, 0) is 40.2 Å². The summed E-state index contributed by atoms with van der Waals surface area (Å²) in [6, 6.07) is 14.7. The SMILES string of the molecule is C[C@@]12Cc3[nH]nc(C(=O)Nc4cnn([C@H](c5ccccc5)C5CN(C(=O)CCCCc6cccc7c6CN(C6CCC(=O)NC6=O)C7=O)C5)c4)c3C[C@@H]1C2(F)F. The van der Waals surface area contributed by atoms with Crippen molar-refractivity contribution >= 4 is 35.2 Å². The van der Waals surface area contributed by atoms with Gasteiger partial charge in [0.05, 0.1) is 17.9 Å². The number of piperidine rings is 1. The number of nitrogens with zero attached hydrogens (tertiary/aromatic N) is 5. The topological polar surface area (TPSA) is 162 Å². The lowest BCUT2D eigenvalue weighted by atomic mass is 9.86. The summed E-state index contributed by atoms with van der Waals surface area (Å²) in [4.78, 5) is 67.3. The van der Waals surface area contributed by atoms with Crippen molar-refractivity contribution in [3.05, 3.63) is 100 Å². The molecule has 0 bridgehead atoms. The molecular weight excluding hydrogens is 722 g/mol. The summed E-state index contributed by atoms with van der Waals surface area (Å²) in [6.45, 7) is 3.01. The number of nitrogens with one attached hydrogen (secondary N) is 3. The number of fused-ring (bicyclic) bond motifs is 3. The molecule has 56 heavy (non-hydrogen) atoms. The molecule has 2 aromatic carbocycles. The Kier molecular flexibility index (Phi) is 8.65. The number of carbonyl (C=O) groups excluding carboxylic acids is 5. The van der Waals surface area contributed by atoms with Gasteiger partial charge in [-0.2, -0.15) is 10.2 Å². The number of imide groups is 1. The normalized spacial score (nSPS) is 24.2. The number of carbonyl (C=O) groups is 5. The van der Waals surface area contributed by atoms with E-state index >= 15 is 0 Å². The van der Waals surface area contributed by atoms with Gasteiger partial charge in [0.1, 0.15) is 6.04 Å². The lowest BCUT2D eigenvalue weighted by molar-refractivity contribution is -0.139. The van der Waals surface area contributed by atoms with Crippen LogP contribution in [0.5, 0.6) is 0 Å². The molecule has 2 aliphatic carbocycles. The molecule has 3 aliphatic heterocycles. The van der Waals surface area contributed by atoms with Crippen LogP contribution in [0.3, 0.4) is 0 Å². The van der Waals surface area contributed by atoms with Crippen molar-refractivity contribution in [1.82, 2.24) is 35.1 Å². The predicted molar refractivity (Wildman–Crippen MR) is 197 cm³/mol. The van der Waals surface area contributed by atoms with Crippen molar-refractivity contribution in [3.63, 3.8) is 0 Å². The molecule has 5 amide bonds. The molecule has 2 saturated heterocycles. The largest absolute Gasteiger partial charge is 0.342 e. The molecule has 5 heterocycles. The third-order valence-electron chi connectivity index (χ3n) is 12.8. The molecule has 4 atom stereocenters. The quantitative estimate of drug-likeness (QED) is 0.150. The highest BCUT2D eigenvalue weighted by Crippen LogP contribution is 2.70. The van der Waals surface area contributed by atoms with E-state index in [9.17, 15) is 32.8 Å². The maximum atomic E-state index is 14.4. The van der Waals surface area contributed by atoms with Crippen LogP contribution in [0.25, 0.3) is 0 Å². The predicted octanol–water partition coefficient (Wildman–Crippen LogP) is 4.45. The molecule has 13 nitrogen and oxygen atoms in total. The zero-order valence-electron chi connectivity index (χ0n) is 30.9. The van der Waals surface area contributed by atoms with Crippen LogP contribution >= 0.6 is 0 Å². The van der Waals surface area contributed by atoms with Crippen molar-refractivity contribution in [3.8, 4) is 0 Å². The molecule has 290 valence electrons. The smallest absolute Gasteiger partial charge is 0.276 e. The van der Waals surface area contributed by atoms with Gasteiger partial charge in [-0.05, 0) is 54.9 Å². The van der Waals surface area contributed by atoms with Crippen molar-refractivity contribution in [1.29, 1.82) is 0 Å². The number of halogens is 2. The number of hydrogen-bond acceptors (Lipinski definition) is 7. The van der Waals surface area contributed by atoms with Gasteiger partial charge in [-0.15, -0.1) is 0 Å². The number of aromatic amines is 1. The molecule has 1 unspecified atom stereocenters. The number of aromatic nitrogens is 4. The summed E-state index contributed by atoms with van der Waals surface area (Å²) in [5, 5.41) is 16.8. The zero-order chi connectivity index (χ0) is 38.9. The molecule has 0 radical (unpaired) electrons. The van der Waals surface area contributed by atoms with Crippen LogP contribution in [0.15, 0.2) is 60.9 Å². The minimum absolute atomic E-state index is 0.0746. The van der Waals surface area contributed by atoms with Gasteiger partial charge < -0.3 is 15.1 Å². The number of likely N-dealkylation sites (tertiary alicyclic amines) is 1. The lowest BCUT2D eigenvalue weighted by Crippen LogP contribution is -2.53. The number of amides is 5. The number of alkyl halides is 2. The second-order valence-corrected chi connectivity index (χ2v) is 16.1. The molecule has 9 rings (SSSR count). The van der Waals surface area contributed by atoms with E-state index in [0.717, 1.165) is 23.1 Å². The van der Waals surface area contributed by atoms with Crippen molar-refractivity contribution < 1.29 is 32.8 Å². The Bertz CT molecular complexity index is 2270. The lowest BCUT2D eigenvalue weighted by Gasteiger charge is -2.43.